The number of aliphatic carboxylic acids is 1. The SMILES string of the molecule is CCCCCON(C(=O)[C@@H](NC(=O)[C@H]1CCCCN1C)[C@@H](C)CC)[C@H](C[C@@H](OC(=O)NC)c1nc(C(=O)N[C@@H](Cc2ccc(C)cc2)CC(C)(C)C(=O)O)cs1)C(C)C. The molecular formula is C44H70N6O8S. The van der Waals surface area contributed by atoms with Gasteiger partial charge in [-0.05, 0) is 83.9 Å². The van der Waals surface area contributed by atoms with Crippen molar-refractivity contribution in [2.24, 2.45) is 17.3 Å². The Morgan fingerprint density at radius 1 is 1.05 bits per heavy atom. The first-order chi connectivity index (χ1) is 27.9. The van der Waals surface area contributed by atoms with Crippen molar-refractivity contribution >= 4 is 41.1 Å². The van der Waals surface area contributed by atoms with Gasteiger partial charge in [-0.3, -0.25) is 28.9 Å². The summed E-state index contributed by atoms with van der Waals surface area (Å²) >= 11 is 1.15. The molecule has 1 aliphatic heterocycles. The third-order valence-corrected chi connectivity index (χ3v) is 12.3. The number of ether oxygens (including phenoxy) is 1. The normalized spacial score (nSPS) is 17.3. The van der Waals surface area contributed by atoms with E-state index in [1.54, 1.807) is 19.2 Å². The molecule has 1 aromatic heterocycles. The Morgan fingerprint density at radius 2 is 1.75 bits per heavy atom. The largest absolute Gasteiger partial charge is 0.481 e. The first kappa shape index (κ1) is 49.3. The molecule has 14 nitrogen and oxygen atoms in total. The molecule has 0 unspecified atom stereocenters. The molecule has 6 atom stereocenters. The van der Waals surface area contributed by atoms with Crippen LogP contribution in [0, 0.1) is 24.2 Å². The molecule has 1 aliphatic rings. The fraction of sp³-hybridized carbons (Fsp3) is 0.682. The van der Waals surface area contributed by atoms with E-state index in [4.69, 9.17) is 9.57 Å². The molecule has 2 heterocycles. The number of carbonyl (C=O) groups is 5. The maximum absolute atomic E-state index is 14.8. The maximum atomic E-state index is 14.8. The number of benzene rings is 1. The summed E-state index contributed by atoms with van der Waals surface area (Å²) in [4.78, 5) is 80.3. The fourth-order valence-corrected chi connectivity index (χ4v) is 8.08. The molecular weight excluding hydrogens is 773 g/mol. The van der Waals surface area contributed by atoms with Gasteiger partial charge in [0.05, 0.1) is 24.1 Å². The number of hydrogen-bond acceptors (Lipinski definition) is 10. The minimum Gasteiger partial charge on any atom is -0.481 e. The molecule has 15 heteroatoms. The Bertz CT molecular complexity index is 1670. The molecule has 0 saturated carbocycles. The van der Waals surface area contributed by atoms with Gasteiger partial charge < -0.3 is 25.8 Å². The summed E-state index contributed by atoms with van der Waals surface area (Å²) in [7, 11) is 3.38. The van der Waals surface area contributed by atoms with Crippen molar-refractivity contribution < 1.29 is 38.7 Å². The topological polar surface area (TPSA) is 180 Å². The van der Waals surface area contributed by atoms with Crippen LogP contribution in [0.1, 0.15) is 139 Å². The number of hydrogen-bond donors (Lipinski definition) is 4. The van der Waals surface area contributed by atoms with E-state index in [9.17, 15) is 29.1 Å². The van der Waals surface area contributed by atoms with Crippen LogP contribution < -0.4 is 16.0 Å². The van der Waals surface area contributed by atoms with Gasteiger partial charge in [0.15, 0.2) is 6.10 Å². The summed E-state index contributed by atoms with van der Waals surface area (Å²) in [5.74, 6) is -2.41. The summed E-state index contributed by atoms with van der Waals surface area (Å²) in [5.41, 5.74) is 1.02. The minimum atomic E-state index is -1.11. The van der Waals surface area contributed by atoms with Crippen LogP contribution in [-0.2, 0) is 30.4 Å². The number of nitrogens with zero attached hydrogens (tertiary/aromatic N) is 3. The highest BCUT2D eigenvalue weighted by Crippen LogP contribution is 2.32. The van der Waals surface area contributed by atoms with Gasteiger partial charge in [-0.15, -0.1) is 11.3 Å². The second kappa shape index (κ2) is 23.6. The number of rotatable bonds is 23. The third-order valence-electron chi connectivity index (χ3n) is 11.3. The zero-order chi connectivity index (χ0) is 43.9. The highest BCUT2D eigenvalue weighted by Gasteiger charge is 2.40. The second-order valence-corrected chi connectivity index (χ2v) is 18.0. The fourth-order valence-electron chi connectivity index (χ4n) is 7.24. The Labute approximate surface area is 355 Å². The molecule has 0 bridgehead atoms. The number of aromatic nitrogens is 1. The van der Waals surface area contributed by atoms with Gasteiger partial charge in [0.1, 0.15) is 16.7 Å². The van der Waals surface area contributed by atoms with Gasteiger partial charge in [0.2, 0.25) is 5.91 Å². The van der Waals surface area contributed by atoms with Crippen molar-refractivity contribution in [3.8, 4) is 0 Å². The van der Waals surface area contributed by atoms with Gasteiger partial charge in [0.25, 0.3) is 11.8 Å². The minimum absolute atomic E-state index is 0.0918. The van der Waals surface area contributed by atoms with Crippen molar-refractivity contribution in [1.82, 2.24) is 30.9 Å². The molecule has 330 valence electrons. The number of carboxylic acid groups (broad SMARTS) is 1. The molecule has 0 radical (unpaired) electrons. The van der Waals surface area contributed by atoms with Gasteiger partial charge in [-0.25, -0.2) is 14.8 Å². The van der Waals surface area contributed by atoms with Crippen LogP contribution in [0.5, 0.6) is 0 Å². The molecule has 3 rings (SSSR count). The molecule has 1 fully saturated rings. The lowest BCUT2D eigenvalue weighted by Crippen LogP contribution is -2.58. The van der Waals surface area contributed by atoms with E-state index in [-0.39, 0.29) is 54.8 Å². The van der Waals surface area contributed by atoms with Crippen LogP contribution >= 0.6 is 11.3 Å². The zero-order valence-electron chi connectivity index (χ0n) is 37.0. The smallest absolute Gasteiger partial charge is 0.407 e. The summed E-state index contributed by atoms with van der Waals surface area (Å²) in [6.07, 6.45) is 4.88. The highest BCUT2D eigenvalue weighted by atomic mass is 32.1. The molecule has 1 saturated heterocycles. The number of nitrogens with one attached hydrogen (secondary N) is 3. The molecule has 0 spiro atoms. The summed E-state index contributed by atoms with van der Waals surface area (Å²) in [5, 5.41) is 21.9. The van der Waals surface area contributed by atoms with E-state index >= 15 is 0 Å². The number of unbranched alkanes of at least 4 members (excludes halogenated alkanes) is 2. The van der Waals surface area contributed by atoms with Crippen molar-refractivity contribution in [3.63, 3.8) is 0 Å². The van der Waals surface area contributed by atoms with Crippen LogP contribution in [0.25, 0.3) is 0 Å². The zero-order valence-corrected chi connectivity index (χ0v) is 37.8. The van der Waals surface area contributed by atoms with E-state index in [0.717, 1.165) is 67.5 Å². The predicted molar refractivity (Wildman–Crippen MR) is 230 cm³/mol. The van der Waals surface area contributed by atoms with Crippen molar-refractivity contribution in [1.29, 1.82) is 0 Å². The number of thiazole rings is 1. The average Bonchev–Trinajstić information content (AvgIpc) is 3.69. The van der Waals surface area contributed by atoms with Crippen LogP contribution in [-0.4, -0.2) is 101 Å². The summed E-state index contributed by atoms with van der Waals surface area (Å²) < 4.78 is 5.91. The predicted octanol–water partition coefficient (Wildman–Crippen LogP) is 7.07. The third kappa shape index (κ3) is 14.9. The summed E-state index contributed by atoms with van der Waals surface area (Å²) in [6.45, 7) is 16.3. The Hall–Kier alpha value is -4.08. The summed E-state index contributed by atoms with van der Waals surface area (Å²) in [6, 6.07) is 5.54. The Morgan fingerprint density at radius 3 is 2.34 bits per heavy atom. The Balaban J connectivity index is 1.96. The van der Waals surface area contributed by atoms with Gasteiger partial charge in [-0.1, -0.05) is 90.1 Å². The van der Waals surface area contributed by atoms with Gasteiger partial charge in [-0.2, -0.15) is 0 Å². The monoisotopic (exact) mass is 842 g/mol. The van der Waals surface area contributed by atoms with Gasteiger partial charge in [0, 0.05) is 24.9 Å². The molecule has 4 amide bonds. The van der Waals surface area contributed by atoms with E-state index in [2.05, 4.69) is 27.9 Å². The van der Waals surface area contributed by atoms with E-state index in [1.807, 2.05) is 70.8 Å². The second-order valence-electron chi connectivity index (χ2n) is 17.1. The number of carbonyl (C=O) groups excluding carboxylic acids is 4. The quantitative estimate of drug-likeness (QED) is 0.0668. The molecule has 59 heavy (non-hydrogen) atoms. The molecule has 0 aliphatic carbocycles. The molecule has 2 aromatic rings. The number of amides is 4. The van der Waals surface area contributed by atoms with E-state index < -0.39 is 47.6 Å². The van der Waals surface area contributed by atoms with Crippen LogP contribution in [0.4, 0.5) is 4.79 Å². The number of hydroxylamine groups is 2. The lowest BCUT2D eigenvalue weighted by atomic mass is 9.84. The molecule has 1 aromatic carbocycles. The average molecular weight is 843 g/mol. The number of likely N-dealkylation sites (tertiary alicyclic amines) is 1. The van der Waals surface area contributed by atoms with E-state index in [0.29, 0.717) is 17.8 Å². The van der Waals surface area contributed by atoms with E-state index in [1.165, 1.54) is 12.1 Å². The number of carboxylic acids is 1. The number of likely N-dealkylation sites (N-methyl/N-ethyl adjacent to an activating group) is 1. The number of piperidine rings is 1. The number of aryl methyl sites for hydroxylation is 1. The first-order valence-corrected chi connectivity index (χ1v) is 22.2. The number of alkyl carbamates (subject to hydrolysis) is 1. The van der Waals surface area contributed by atoms with Crippen LogP contribution in [0.15, 0.2) is 29.6 Å². The first-order valence-electron chi connectivity index (χ1n) is 21.3. The van der Waals surface area contributed by atoms with Crippen molar-refractivity contribution in [2.75, 3.05) is 27.2 Å². The van der Waals surface area contributed by atoms with Crippen molar-refractivity contribution in [3.05, 3.63) is 51.5 Å². The maximum Gasteiger partial charge on any atom is 0.407 e. The lowest BCUT2D eigenvalue weighted by Gasteiger charge is -2.39. The lowest BCUT2D eigenvalue weighted by molar-refractivity contribution is -0.212. The Kier molecular flexibility index (Phi) is 19.7. The standard InChI is InChI=1S/C44H70N6O8S/c1-11-13-16-23-57-50(41(53)37(30(6)12-2)48-39(52)34-17-14-15-22-49(34)10)35(28(3)4)25-36(58-43(56)45-9)40-47-33(27-59-40)38(51)46-32(26-44(7,8)42(54)55)24-31-20-18-29(5)19-21-31/h18-21,27-28,30,32,34-37H,11-17,22-26H2,1-10H3,(H,45,56)(H,46,51)(H,48,52)(H,54,55)/t30-,32-,34+,35+,36+,37-/m0/s1. The van der Waals surface area contributed by atoms with Crippen LogP contribution in [0.3, 0.4) is 0 Å². The van der Waals surface area contributed by atoms with Gasteiger partial charge >= 0.3 is 12.1 Å². The van der Waals surface area contributed by atoms with Crippen LogP contribution in [0.2, 0.25) is 0 Å². The van der Waals surface area contributed by atoms with Crippen molar-refractivity contribution in [2.45, 2.75) is 150 Å². The highest BCUT2D eigenvalue weighted by molar-refractivity contribution is 7.09. The molecule has 4 N–H and O–H groups in total.